The number of carbonyl (C=O) groups excluding carboxylic acids is 2. The van der Waals surface area contributed by atoms with Gasteiger partial charge in [0, 0.05) is 36.1 Å². The van der Waals surface area contributed by atoms with Gasteiger partial charge in [-0.2, -0.15) is 5.10 Å². The number of aliphatic hydroxyl groups is 1. The molecule has 0 aromatic heterocycles. The Morgan fingerprint density at radius 1 is 1.29 bits per heavy atom. The van der Waals surface area contributed by atoms with Crippen LogP contribution >= 0.6 is 0 Å². The summed E-state index contributed by atoms with van der Waals surface area (Å²) in [5.41, 5.74) is 2.64. The Kier molecular flexibility index (Phi) is 6.18. The zero-order chi connectivity index (χ0) is 20.1. The quantitative estimate of drug-likeness (QED) is 0.594. The second kappa shape index (κ2) is 8.77. The molecule has 0 saturated carbocycles. The van der Waals surface area contributed by atoms with E-state index in [0.29, 0.717) is 12.1 Å². The van der Waals surface area contributed by atoms with Crippen molar-refractivity contribution >= 4 is 29.5 Å². The summed E-state index contributed by atoms with van der Waals surface area (Å²) in [5, 5.41) is 19.1. The van der Waals surface area contributed by atoms with E-state index >= 15 is 0 Å². The van der Waals surface area contributed by atoms with Gasteiger partial charge in [0.25, 0.3) is 5.91 Å². The number of carbonyl (C=O) groups is 2. The molecule has 0 atom stereocenters. The lowest BCUT2D eigenvalue weighted by atomic mass is 9.96. The van der Waals surface area contributed by atoms with E-state index in [-0.39, 0.29) is 18.0 Å². The highest BCUT2D eigenvalue weighted by Crippen LogP contribution is 2.37. The average molecular weight is 386 g/mol. The van der Waals surface area contributed by atoms with E-state index in [2.05, 4.69) is 20.1 Å². The second-order valence-corrected chi connectivity index (χ2v) is 6.74. The highest BCUT2D eigenvalue weighted by atomic mass is 16.5. The van der Waals surface area contributed by atoms with Crippen molar-refractivity contribution in [2.75, 3.05) is 31.6 Å². The zero-order valence-electron chi connectivity index (χ0n) is 16.3. The molecule has 0 aliphatic carbocycles. The van der Waals surface area contributed by atoms with Crippen LogP contribution < -0.4 is 10.2 Å². The maximum Gasteiger partial charge on any atom is 0.325 e. The number of aliphatic hydroxyl groups excluding tert-OH is 1. The molecule has 3 rings (SSSR count). The molecule has 8 nitrogen and oxygen atoms in total. The minimum atomic E-state index is -0.581. The summed E-state index contributed by atoms with van der Waals surface area (Å²) in [6.45, 7) is 3.77. The molecule has 8 heteroatoms. The number of nitrogens with one attached hydrogen (secondary N) is 1. The number of methoxy groups -OCH3 is 1. The molecule has 2 aliphatic heterocycles. The monoisotopic (exact) mass is 386 g/mol. The van der Waals surface area contributed by atoms with Crippen molar-refractivity contribution in [2.24, 2.45) is 5.10 Å². The van der Waals surface area contributed by atoms with Crippen molar-refractivity contribution in [1.82, 2.24) is 10.3 Å². The third-order valence-corrected chi connectivity index (χ3v) is 4.98. The van der Waals surface area contributed by atoms with Crippen molar-refractivity contribution in [2.45, 2.75) is 32.7 Å². The van der Waals surface area contributed by atoms with Crippen LogP contribution in [0.2, 0.25) is 0 Å². The predicted octanol–water partition coefficient (Wildman–Crippen LogP) is 2.01. The van der Waals surface area contributed by atoms with Gasteiger partial charge in [0.15, 0.2) is 11.5 Å². The standard InChI is InChI=1S/C20H26N4O4/c1-3-22-24-13-15-14(8-7-9-16(15)23-10-5-4-6-11-23)19(26)18(24)20(27)21-12-17(25)28-2/h3,7-9,26H,4-6,10-13H2,1-2H3,(H,21,27)/b22-3-. The van der Waals surface area contributed by atoms with E-state index in [9.17, 15) is 14.7 Å². The smallest absolute Gasteiger partial charge is 0.325 e. The van der Waals surface area contributed by atoms with E-state index in [1.165, 1.54) is 18.5 Å². The molecule has 1 aromatic rings. The fourth-order valence-electron chi connectivity index (χ4n) is 3.64. The summed E-state index contributed by atoms with van der Waals surface area (Å²) in [5.74, 6) is -1.29. The van der Waals surface area contributed by atoms with E-state index in [1.807, 2.05) is 12.1 Å². The highest BCUT2D eigenvalue weighted by Gasteiger charge is 2.32. The molecule has 1 saturated heterocycles. The number of hydrogen-bond donors (Lipinski definition) is 2. The van der Waals surface area contributed by atoms with Crippen molar-refractivity contribution < 1.29 is 19.4 Å². The molecule has 0 radical (unpaired) electrons. The maximum absolute atomic E-state index is 12.6. The van der Waals surface area contributed by atoms with Gasteiger partial charge in [0.1, 0.15) is 6.54 Å². The molecule has 0 spiro atoms. The molecule has 1 aromatic carbocycles. The lowest BCUT2D eigenvalue weighted by molar-refractivity contribution is -0.140. The lowest BCUT2D eigenvalue weighted by Gasteiger charge is -2.35. The molecule has 28 heavy (non-hydrogen) atoms. The molecule has 1 fully saturated rings. The number of amides is 1. The summed E-state index contributed by atoms with van der Waals surface area (Å²) in [6.07, 6.45) is 5.08. The van der Waals surface area contributed by atoms with Gasteiger partial charge in [-0.25, -0.2) is 0 Å². The topological polar surface area (TPSA) is 94.5 Å². The number of hydrazone groups is 1. The third kappa shape index (κ3) is 3.95. The van der Waals surface area contributed by atoms with Crippen LogP contribution in [-0.4, -0.2) is 55.0 Å². The van der Waals surface area contributed by atoms with Crippen molar-refractivity contribution in [3.05, 3.63) is 35.0 Å². The SMILES string of the molecule is C/C=N\N1Cc2c(cccc2N2CCCCC2)C(O)=C1C(=O)NCC(=O)OC. The molecule has 150 valence electrons. The Bertz CT molecular complexity index is 812. The fraction of sp³-hybridized carbons (Fsp3) is 0.450. The van der Waals surface area contributed by atoms with E-state index in [1.54, 1.807) is 19.2 Å². The number of benzene rings is 1. The van der Waals surface area contributed by atoms with Gasteiger partial charge >= 0.3 is 5.97 Å². The van der Waals surface area contributed by atoms with Crippen LogP contribution in [0, 0.1) is 0 Å². The van der Waals surface area contributed by atoms with Crippen LogP contribution in [0.15, 0.2) is 29.0 Å². The van der Waals surface area contributed by atoms with Gasteiger partial charge in [0.05, 0.1) is 13.7 Å². The van der Waals surface area contributed by atoms with Crippen LogP contribution in [0.4, 0.5) is 5.69 Å². The third-order valence-electron chi connectivity index (χ3n) is 4.98. The Hall–Kier alpha value is -3.03. The molecule has 2 aliphatic rings. The van der Waals surface area contributed by atoms with Gasteiger partial charge in [-0.05, 0) is 32.3 Å². The molecule has 0 bridgehead atoms. The Balaban J connectivity index is 1.98. The normalized spacial score (nSPS) is 16.9. The summed E-state index contributed by atoms with van der Waals surface area (Å²) in [7, 11) is 1.25. The second-order valence-electron chi connectivity index (χ2n) is 6.74. The number of fused-ring (bicyclic) bond motifs is 1. The first-order chi connectivity index (χ1) is 13.6. The summed E-state index contributed by atoms with van der Waals surface area (Å²) in [4.78, 5) is 26.3. The predicted molar refractivity (Wildman–Crippen MR) is 107 cm³/mol. The van der Waals surface area contributed by atoms with Gasteiger partial charge in [-0.3, -0.25) is 14.6 Å². The number of hydrogen-bond acceptors (Lipinski definition) is 7. The first-order valence-corrected chi connectivity index (χ1v) is 9.48. The molecule has 2 N–H and O–H groups in total. The van der Waals surface area contributed by atoms with Gasteiger partial charge in [0.2, 0.25) is 0 Å². The van der Waals surface area contributed by atoms with Crippen LogP contribution in [0.3, 0.4) is 0 Å². The Morgan fingerprint density at radius 3 is 2.71 bits per heavy atom. The minimum Gasteiger partial charge on any atom is -0.505 e. The number of esters is 1. The Labute approximate surface area is 164 Å². The van der Waals surface area contributed by atoms with E-state index in [0.717, 1.165) is 37.2 Å². The largest absolute Gasteiger partial charge is 0.505 e. The summed E-state index contributed by atoms with van der Waals surface area (Å²) in [6, 6.07) is 5.74. The summed E-state index contributed by atoms with van der Waals surface area (Å²) >= 11 is 0. The number of rotatable bonds is 5. The number of piperidine rings is 1. The van der Waals surface area contributed by atoms with Crippen molar-refractivity contribution in [1.29, 1.82) is 0 Å². The first-order valence-electron chi connectivity index (χ1n) is 9.48. The van der Waals surface area contributed by atoms with Crippen LogP contribution in [-0.2, 0) is 20.9 Å². The first kappa shape index (κ1) is 19.7. The Morgan fingerprint density at radius 2 is 2.04 bits per heavy atom. The van der Waals surface area contributed by atoms with Gasteiger partial charge in [-0.15, -0.1) is 0 Å². The number of anilines is 1. The fourth-order valence-corrected chi connectivity index (χ4v) is 3.64. The van der Waals surface area contributed by atoms with Gasteiger partial charge < -0.3 is 20.1 Å². The minimum absolute atomic E-state index is 0.0188. The van der Waals surface area contributed by atoms with Crippen molar-refractivity contribution in [3.63, 3.8) is 0 Å². The van der Waals surface area contributed by atoms with E-state index in [4.69, 9.17) is 0 Å². The van der Waals surface area contributed by atoms with Gasteiger partial charge in [-0.1, -0.05) is 12.1 Å². The average Bonchev–Trinajstić information content (AvgIpc) is 2.72. The number of ether oxygens (including phenoxy) is 1. The zero-order valence-corrected chi connectivity index (χ0v) is 16.3. The van der Waals surface area contributed by atoms with Crippen LogP contribution in [0.5, 0.6) is 0 Å². The molecule has 1 amide bonds. The summed E-state index contributed by atoms with van der Waals surface area (Å²) < 4.78 is 4.55. The number of nitrogens with zero attached hydrogens (tertiary/aromatic N) is 3. The molecule has 2 heterocycles. The van der Waals surface area contributed by atoms with Crippen molar-refractivity contribution in [3.8, 4) is 0 Å². The van der Waals surface area contributed by atoms with Crippen LogP contribution in [0.25, 0.3) is 5.76 Å². The maximum atomic E-state index is 12.6. The molecule has 0 unspecified atom stereocenters. The molecular weight excluding hydrogens is 360 g/mol. The lowest BCUT2D eigenvalue weighted by Crippen LogP contribution is -2.39. The highest BCUT2D eigenvalue weighted by molar-refractivity contribution is 6.01. The van der Waals surface area contributed by atoms with E-state index < -0.39 is 11.9 Å². The van der Waals surface area contributed by atoms with Crippen LogP contribution in [0.1, 0.15) is 37.3 Å². The molecular formula is C20H26N4O4.